The normalized spacial score (nSPS) is 13.2. The topological polar surface area (TPSA) is 102 Å². The average molecular weight is 408 g/mol. The van der Waals surface area contributed by atoms with Gasteiger partial charge in [-0.25, -0.2) is 10.2 Å². The lowest BCUT2D eigenvalue weighted by molar-refractivity contribution is -0.991. The van der Waals surface area contributed by atoms with Crippen LogP contribution in [0.4, 0.5) is 11.4 Å². The molecule has 0 aliphatic heterocycles. The lowest BCUT2D eigenvalue weighted by atomic mass is 10.1. The van der Waals surface area contributed by atoms with Crippen molar-refractivity contribution in [2.24, 2.45) is 12.0 Å². The molecule has 0 radical (unpaired) electrons. The Bertz CT molecular complexity index is 1120. The molecular formula is C18H15Cl2N3O4. The van der Waals surface area contributed by atoms with Crippen LogP contribution in [0.2, 0.25) is 10.0 Å². The van der Waals surface area contributed by atoms with Crippen molar-refractivity contribution < 1.29 is 15.5 Å². The Morgan fingerprint density at radius 2 is 1.81 bits per heavy atom. The molecular weight excluding hydrogens is 393 g/mol. The highest BCUT2D eigenvalue weighted by Gasteiger charge is 2.18. The van der Waals surface area contributed by atoms with Crippen LogP contribution in [0.3, 0.4) is 0 Å². The number of aliphatic imine (C=N–C) groups is 1. The minimum atomic E-state index is -1.17. The Labute approximate surface area is 163 Å². The molecule has 3 N–H and O–H groups in total. The second-order valence-electron chi connectivity index (χ2n) is 5.90. The molecule has 7 nitrogen and oxygen atoms in total. The predicted octanol–water partition coefficient (Wildman–Crippen LogP) is 3.10. The van der Waals surface area contributed by atoms with Crippen LogP contribution in [0, 0.1) is 5.21 Å². The van der Waals surface area contributed by atoms with Gasteiger partial charge in [-0.2, -0.15) is 5.23 Å². The quantitative estimate of drug-likeness (QED) is 0.458. The molecule has 140 valence electrons. The number of nitrogens with zero attached hydrogens (tertiary/aromatic N) is 2. The number of aryl methyl sites for hydroxylation is 1. The molecule has 9 heteroatoms. The van der Waals surface area contributed by atoms with E-state index in [-0.39, 0.29) is 38.4 Å². The number of nitrogens with one attached hydrogen (secondary N) is 1. The van der Waals surface area contributed by atoms with Gasteiger partial charge in [0.25, 0.3) is 5.56 Å². The lowest BCUT2D eigenvalue weighted by Crippen LogP contribution is -2.99. The molecule has 27 heavy (non-hydrogen) atoms. The van der Waals surface area contributed by atoms with Crippen molar-refractivity contribution in [2.45, 2.75) is 6.92 Å². The van der Waals surface area contributed by atoms with E-state index in [9.17, 15) is 15.1 Å². The minimum absolute atomic E-state index is 0.0191. The summed E-state index contributed by atoms with van der Waals surface area (Å²) < 4.78 is 1.42. The number of para-hydroxylation sites is 1. The van der Waals surface area contributed by atoms with E-state index >= 15 is 0 Å². The number of hydrogen-bond donors (Lipinski definition) is 3. The molecule has 0 amide bonds. The van der Waals surface area contributed by atoms with Crippen LogP contribution < -0.4 is 10.8 Å². The molecule has 1 heterocycles. The van der Waals surface area contributed by atoms with Gasteiger partial charge in [0.2, 0.25) is 0 Å². The molecule has 0 saturated carbocycles. The van der Waals surface area contributed by atoms with E-state index in [1.54, 1.807) is 38.2 Å². The fourth-order valence-electron chi connectivity index (χ4n) is 2.82. The Morgan fingerprint density at radius 1 is 1.22 bits per heavy atom. The van der Waals surface area contributed by atoms with Crippen molar-refractivity contribution in [1.82, 2.24) is 4.57 Å². The van der Waals surface area contributed by atoms with Gasteiger partial charge in [-0.05, 0) is 19.1 Å². The van der Waals surface area contributed by atoms with Crippen LogP contribution in [-0.2, 0) is 7.05 Å². The van der Waals surface area contributed by atoms with Gasteiger partial charge in [-0.3, -0.25) is 4.79 Å². The van der Waals surface area contributed by atoms with E-state index in [0.29, 0.717) is 10.9 Å². The summed E-state index contributed by atoms with van der Waals surface area (Å²) in [7, 11) is 1.60. The molecule has 3 aromatic rings. The zero-order chi connectivity index (χ0) is 19.9. The first kappa shape index (κ1) is 19.3. The molecule has 0 aliphatic carbocycles. The summed E-state index contributed by atoms with van der Waals surface area (Å²) in [4.78, 5) is 17.0. The highest BCUT2D eigenvalue weighted by atomic mass is 35.5. The molecule has 2 aromatic carbocycles. The van der Waals surface area contributed by atoms with E-state index in [1.807, 2.05) is 0 Å². The molecule has 0 bridgehead atoms. The first-order valence-electron chi connectivity index (χ1n) is 7.81. The number of aromatic nitrogens is 1. The Kier molecular flexibility index (Phi) is 5.23. The highest BCUT2D eigenvalue weighted by molar-refractivity contribution is 6.39. The second-order valence-corrected chi connectivity index (χ2v) is 6.71. The van der Waals surface area contributed by atoms with E-state index < -0.39 is 10.8 Å². The molecule has 0 saturated heterocycles. The molecule has 3 rings (SSSR count). The molecule has 1 aromatic heterocycles. The van der Waals surface area contributed by atoms with Gasteiger partial charge in [0, 0.05) is 24.6 Å². The van der Waals surface area contributed by atoms with Gasteiger partial charge < -0.3 is 14.9 Å². The van der Waals surface area contributed by atoms with Crippen molar-refractivity contribution in [3.63, 3.8) is 0 Å². The summed E-state index contributed by atoms with van der Waals surface area (Å²) in [5.41, 5.74) is 0.415. The van der Waals surface area contributed by atoms with Crippen LogP contribution >= 0.6 is 23.2 Å². The molecule has 1 atom stereocenters. The monoisotopic (exact) mass is 407 g/mol. The third-order valence-electron chi connectivity index (χ3n) is 4.18. The maximum absolute atomic E-state index is 12.7. The number of pyridine rings is 1. The summed E-state index contributed by atoms with van der Waals surface area (Å²) in [6.45, 7) is 1.54. The summed E-state index contributed by atoms with van der Waals surface area (Å²) in [5.74, 6) is -0.190. The lowest BCUT2D eigenvalue weighted by Gasteiger charge is -2.14. The van der Waals surface area contributed by atoms with Crippen LogP contribution in [0.25, 0.3) is 10.9 Å². The fourth-order valence-corrected chi connectivity index (χ4v) is 3.40. The van der Waals surface area contributed by atoms with Gasteiger partial charge in [-0.15, -0.1) is 0 Å². The van der Waals surface area contributed by atoms with Gasteiger partial charge in [0.05, 0.1) is 21.3 Å². The predicted molar refractivity (Wildman–Crippen MR) is 105 cm³/mol. The van der Waals surface area contributed by atoms with Gasteiger partial charge in [-0.1, -0.05) is 35.3 Å². The standard InChI is InChI=1S/C18H15Cl2N3O4/c1-9(21-16-12(19)7-10(23(26)27)8-13(16)20)15-17(24)11-5-3-4-6-14(11)22(2)18(15)25/h3-8,23-24,26H,1-2H3. The molecule has 1 unspecified atom stereocenters. The zero-order valence-corrected chi connectivity index (χ0v) is 15.8. The van der Waals surface area contributed by atoms with Crippen LogP contribution in [0.1, 0.15) is 12.5 Å². The third-order valence-corrected chi connectivity index (χ3v) is 4.76. The maximum atomic E-state index is 12.7. The Balaban J connectivity index is 2.23. The summed E-state index contributed by atoms with van der Waals surface area (Å²) in [6.07, 6.45) is 0. The van der Waals surface area contributed by atoms with Gasteiger partial charge in [0.15, 0.2) is 5.69 Å². The van der Waals surface area contributed by atoms with E-state index in [4.69, 9.17) is 28.4 Å². The SMILES string of the molecule is CC(=Nc1c(Cl)cc([NH+]([O-])O)cc1Cl)c1c(O)c2ccccc2n(C)c1=O. The van der Waals surface area contributed by atoms with Crippen LogP contribution in [-0.4, -0.2) is 20.6 Å². The van der Waals surface area contributed by atoms with Crippen molar-refractivity contribution in [3.8, 4) is 5.75 Å². The number of halogens is 2. The highest BCUT2D eigenvalue weighted by Crippen LogP contribution is 2.36. The second kappa shape index (κ2) is 7.30. The molecule has 0 aliphatic rings. The van der Waals surface area contributed by atoms with E-state index in [1.165, 1.54) is 16.7 Å². The number of quaternary nitrogens is 1. The van der Waals surface area contributed by atoms with Gasteiger partial charge in [0.1, 0.15) is 17.0 Å². The Morgan fingerprint density at radius 3 is 2.41 bits per heavy atom. The summed E-state index contributed by atoms with van der Waals surface area (Å²) in [5, 5.41) is 30.1. The third kappa shape index (κ3) is 3.43. The average Bonchev–Trinajstić information content (AvgIpc) is 2.62. The minimum Gasteiger partial charge on any atom is -0.595 e. The molecule has 0 spiro atoms. The first-order valence-corrected chi connectivity index (χ1v) is 8.56. The Hall–Kier alpha value is -2.42. The number of benzene rings is 2. The van der Waals surface area contributed by atoms with E-state index in [2.05, 4.69) is 4.99 Å². The van der Waals surface area contributed by atoms with Crippen molar-refractivity contribution in [3.05, 3.63) is 67.6 Å². The fraction of sp³-hybridized carbons (Fsp3) is 0.111. The van der Waals surface area contributed by atoms with Crippen LogP contribution in [0.5, 0.6) is 5.75 Å². The number of aromatic hydroxyl groups is 1. The van der Waals surface area contributed by atoms with E-state index in [0.717, 1.165) is 0 Å². The van der Waals surface area contributed by atoms with Crippen molar-refractivity contribution in [1.29, 1.82) is 0 Å². The first-order chi connectivity index (χ1) is 12.7. The van der Waals surface area contributed by atoms with Crippen molar-refractivity contribution in [2.75, 3.05) is 0 Å². The van der Waals surface area contributed by atoms with Crippen molar-refractivity contribution >= 4 is 51.2 Å². The summed E-state index contributed by atoms with van der Waals surface area (Å²) >= 11 is 12.2. The smallest absolute Gasteiger partial charge is 0.263 e. The van der Waals surface area contributed by atoms with Crippen LogP contribution in [0.15, 0.2) is 46.2 Å². The maximum Gasteiger partial charge on any atom is 0.263 e. The van der Waals surface area contributed by atoms with Gasteiger partial charge >= 0.3 is 0 Å². The summed E-state index contributed by atoms with van der Waals surface area (Å²) in [6, 6.07) is 9.39. The number of rotatable bonds is 3. The zero-order valence-electron chi connectivity index (χ0n) is 14.3. The molecule has 0 fully saturated rings. The number of fused-ring (bicyclic) bond motifs is 1. The largest absolute Gasteiger partial charge is 0.595 e. The number of hydrogen-bond acceptors (Lipinski definition) is 5.